The van der Waals surface area contributed by atoms with Gasteiger partial charge in [-0.1, -0.05) is 35.4 Å². The first-order valence-corrected chi connectivity index (χ1v) is 8.36. The van der Waals surface area contributed by atoms with Gasteiger partial charge in [0.15, 0.2) is 0 Å². The molecule has 3 N–H and O–H groups in total. The van der Waals surface area contributed by atoms with Gasteiger partial charge in [0.1, 0.15) is 0 Å². The van der Waals surface area contributed by atoms with Crippen molar-refractivity contribution in [2.75, 3.05) is 25.0 Å². The van der Waals surface area contributed by atoms with E-state index in [1.807, 2.05) is 0 Å². The third kappa shape index (κ3) is 4.77. The van der Waals surface area contributed by atoms with Crippen molar-refractivity contribution in [1.82, 2.24) is 15.1 Å². The molecule has 124 valence electrons. The topological polar surface area (TPSA) is 80.2 Å². The van der Waals surface area contributed by atoms with Gasteiger partial charge >= 0.3 is 6.01 Å². The van der Waals surface area contributed by atoms with Gasteiger partial charge in [-0.2, -0.15) is 0 Å². The Morgan fingerprint density at radius 1 is 1.17 bits per heavy atom. The van der Waals surface area contributed by atoms with Crippen LogP contribution >= 0.6 is 0 Å². The third-order valence-electron chi connectivity index (χ3n) is 4.43. The fourth-order valence-electron chi connectivity index (χ4n) is 3.07. The molecule has 1 fully saturated rings. The number of nitrogens with one attached hydrogen (secondary N) is 1. The van der Waals surface area contributed by atoms with Crippen molar-refractivity contribution in [2.45, 2.75) is 32.4 Å². The number of hydrogen-bond acceptors (Lipinski definition) is 6. The van der Waals surface area contributed by atoms with E-state index in [9.17, 15) is 0 Å². The Hall–Kier alpha value is -1.92. The van der Waals surface area contributed by atoms with E-state index in [-0.39, 0.29) is 6.54 Å². The highest BCUT2D eigenvalue weighted by Crippen LogP contribution is 2.22. The Morgan fingerprint density at radius 3 is 2.65 bits per heavy atom. The van der Waals surface area contributed by atoms with Crippen LogP contribution in [0.5, 0.6) is 0 Å². The second-order valence-corrected chi connectivity index (χ2v) is 6.13. The van der Waals surface area contributed by atoms with Crippen LogP contribution in [0.1, 0.15) is 30.7 Å². The van der Waals surface area contributed by atoms with Crippen LogP contribution < -0.4 is 11.1 Å². The molecule has 0 saturated carbocycles. The zero-order chi connectivity index (χ0) is 15.9. The van der Waals surface area contributed by atoms with E-state index in [0.29, 0.717) is 11.9 Å². The number of piperidine rings is 1. The van der Waals surface area contributed by atoms with Crippen LogP contribution in [0.2, 0.25) is 0 Å². The average molecular weight is 315 g/mol. The summed E-state index contributed by atoms with van der Waals surface area (Å²) in [6.07, 6.45) is 3.65. The van der Waals surface area contributed by atoms with Gasteiger partial charge in [-0.25, -0.2) is 0 Å². The van der Waals surface area contributed by atoms with Crippen LogP contribution in [0.3, 0.4) is 0 Å². The SMILES string of the molecule is NCc1nnc(NCCC2CCN(Cc3ccccc3)CC2)o1. The number of rotatable bonds is 7. The second-order valence-electron chi connectivity index (χ2n) is 6.13. The summed E-state index contributed by atoms with van der Waals surface area (Å²) in [6, 6.07) is 11.2. The molecule has 23 heavy (non-hydrogen) atoms. The minimum absolute atomic E-state index is 0.286. The smallest absolute Gasteiger partial charge is 0.315 e. The summed E-state index contributed by atoms with van der Waals surface area (Å²) in [7, 11) is 0. The summed E-state index contributed by atoms with van der Waals surface area (Å²) in [5.41, 5.74) is 6.85. The number of hydrogen-bond donors (Lipinski definition) is 2. The number of nitrogens with two attached hydrogens (primary N) is 1. The fraction of sp³-hybridized carbons (Fsp3) is 0.529. The summed E-state index contributed by atoms with van der Waals surface area (Å²) in [4.78, 5) is 2.55. The van der Waals surface area contributed by atoms with Crippen molar-refractivity contribution in [3.63, 3.8) is 0 Å². The van der Waals surface area contributed by atoms with Gasteiger partial charge in [-0.05, 0) is 43.8 Å². The molecule has 0 atom stereocenters. The quantitative estimate of drug-likeness (QED) is 0.815. The molecule has 1 aromatic carbocycles. The number of anilines is 1. The molecule has 1 aliphatic rings. The second kappa shape index (κ2) is 8.08. The highest BCUT2D eigenvalue weighted by molar-refractivity contribution is 5.16. The Labute approximate surface area is 137 Å². The molecule has 6 heteroatoms. The number of likely N-dealkylation sites (tertiary alicyclic amines) is 1. The lowest BCUT2D eigenvalue weighted by Crippen LogP contribution is -2.33. The van der Waals surface area contributed by atoms with Crippen molar-refractivity contribution in [3.8, 4) is 0 Å². The van der Waals surface area contributed by atoms with E-state index >= 15 is 0 Å². The molecule has 2 aromatic rings. The Balaban J connectivity index is 1.34. The Morgan fingerprint density at radius 2 is 1.96 bits per heavy atom. The lowest BCUT2D eigenvalue weighted by molar-refractivity contribution is 0.174. The number of benzene rings is 1. The Bertz CT molecular complexity index is 578. The van der Waals surface area contributed by atoms with E-state index in [4.69, 9.17) is 10.2 Å². The van der Waals surface area contributed by atoms with Crippen LogP contribution in [0, 0.1) is 5.92 Å². The van der Waals surface area contributed by atoms with Gasteiger partial charge in [0, 0.05) is 13.1 Å². The van der Waals surface area contributed by atoms with Crippen molar-refractivity contribution in [1.29, 1.82) is 0 Å². The molecule has 1 saturated heterocycles. The number of aromatic nitrogens is 2. The normalized spacial score (nSPS) is 16.6. The van der Waals surface area contributed by atoms with Crippen LogP contribution in [-0.2, 0) is 13.1 Å². The standard InChI is InChI=1S/C17H25N5O/c18-12-16-20-21-17(23-16)19-9-6-14-7-10-22(11-8-14)13-15-4-2-1-3-5-15/h1-5,14H,6-13,18H2,(H,19,21). The first-order valence-electron chi connectivity index (χ1n) is 8.36. The molecule has 2 heterocycles. The van der Waals surface area contributed by atoms with E-state index in [1.54, 1.807) is 0 Å². The average Bonchev–Trinajstić information content (AvgIpc) is 3.05. The molecule has 0 amide bonds. The lowest BCUT2D eigenvalue weighted by Gasteiger charge is -2.32. The molecule has 0 radical (unpaired) electrons. The molecule has 0 aliphatic carbocycles. The predicted molar refractivity (Wildman–Crippen MR) is 89.7 cm³/mol. The summed E-state index contributed by atoms with van der Waals surface area (Å²) < 4.78 is 5.34. The molecule has 1 aliphatic heterocycles. The van der Waals surface area contributed by atoms with E-state index in [0.717, 1.165) is 25.4 Å². The molecule has 0 spiro atoms. The molecule has 3 rings (SSSR count). The third-order valence-corrected chi connectivity index (χ3v) is 4.43. The van der Waals surface area contributed by atoms with E-state index < -0.39 is 0 Å². The fourth-order valence-corrected chi connectivity index (χ4v) is 3.07. The monoisotopic (exact) mass is 315 g/mol. The van der Waals surface area contributed by atoms with Crippen LogP contribution in [0.25, 0.3) is 0 Å². The van der Waals surface area contributed by atoms with Crippen molar-refractivity contribution < 1.29 is 4.42 Å². The van der Waals surface area contributed by atoms with Gasteiger partial charge in [-0.15, -0.1) is 5.10 Å². The highest BCUT2D eigenvalue weighted by Gasteiger charge is 2.19. The predicted octanol–water partition coefficient (Wildman–Crippen LogP) is 2.24. The van der Waals surface area contributed by atoms with Crippen LogP contribution in [0.15, 0.2) is 34.7 Å². The maximum absolute atomic E-state index is 5.45. The zero-order valence-corrected chi connectivity index (χ0v) is 13.4. The maximum atomic E-state index is 5.45. The molecule has 0 unspecified atom stereocenters. The summed E-state index contributed by atoms with van der Waals surface area (Å²) in [5, 5.41) is 10.9. The molecule has 0 bridgehead atoms. The summed E-state index contributed by atoms with van der Waals surface area (Å²) in [5.74, 6) is 1.24. The molecular formula is C17H25N5O. The van der Waals surface area contributed by atoms with Gasteiger partial charge in [-0.3, -0.25) is 4.90 Å². The highest BCUT2D eigenvalue weighted by atomic mass is 16.4. The van der Waals surface area contributed by atoms with Crippen LogP contribution in [0.4, 0.5) is 6.01 Å². The van der Waals surface area contributed by atoms with Crippen molar-refractivity contribution in [2.24, 2.45) is 11.7 Å². The minimum Gasteiger partial charge on any atom is -0.407 e. The number of nitrogens with zero attached hydrogens (tertiary/aromatic N) is 3. The maximum Gasteiger partial charge on any atom is 0.315 e. The summed E-state index contributed by atoms with van der Waals surface area (Å²) in [6.45, 7) is 4.58. The molecular weight excluding hydrogens is 290 g/mol. The zero-order valence-electron chi connectivity index (χ0n) is 13.4. The molecule has 6 nitrogen and oxygen atoms in total. The van der Waals surface area contributed by atoms with Crippen LogP contribution in [-0.4, -0.2) is 34.7 Å². The first-order chi connectivity index (χ1) is 11.3. The lowest BCUT2D eigenvalue weighted by atomic mass is 9.93. The minimum atomic E-state index is 0.286. The Kier molecular flexibility index (Phi) is 5.60. The van der Waals surface area contributed by atoms with E-state index in [2.05, 4.69) is 50.7 Å². The molecule has 1 aromatic heterocycles. The van der Waals surface area contributed by atoms with Crippen molar-refractivity contribution in [3.05, 3.63) is 41.8 Å². The van der Waals surface area contributed by atoms with Crippen molar-refractivity contribution >= 4 is 6.01 Å². The van der Waals surface area contributed by atoms with Gasteiger partial charge < -0.3 is 15.5 Å². The first kappa shape index (κ1) is 16.0. The van der Waals surface area contributed by atoms with Gasteiger partial charge in [0.2, 0.25) is 5.89 Å². The van der Waals surface area contributed by atoms with Gasteiger partial charge in [0.25, 0.3) is 0 Å². The largest absolute Gasteiger partial charge is 0.407 e. The van der Waals surface area contributed by atoms with Gasteiger partial charge in [0.05, 0.1) is 6.54 Å². The summed E-state index contributed by atoms with van der Waals surface area (Å²) >= 11 is 0. The van der Waals surface area contributed by atoms with E-state index in [1.165, 1.54) is 31.5 Å².